The smallest absolute Gasteiger partial charge is 0.178 e. The van der Waals surface area contributed by atoms with Gasteiger partial charge in [-0.2, -0.15) is 0 Å². The predicted octanol–water partition coefficient (Wildman–Crippen LogP) is 1.84. The van der Waals surface area contributed by atoms with Crippen LogP contribution in [0.25, 0.3) is 0 Å². The quantitative estimate of drug-likeness (QED) is 0.824. The molecule has 1 saturated heterocycles. The van der Waals surface area contributed by atoms with Crippen LogP contribution in [0.2, 0.25) is 0 Å². The molecule has 0 radical (unpaired) electrons. The van der Waals surface area contributed by atoms with Crippen molar-refractivity contribution in [1.29, 1.82) is 0 Å². The molecule has 0 aliphatic carbocycles. The first-order chi connectivity index (χ1) is 8.97. The molecule has 1 aliphatic heterocycles. The number of ketones is 1. The van der Waals surface area contributed by atoms with Gasteiger partial charge in [-0.1, -0.05) is 0 Å². The van der Waals surface area contributed by atoms with Crippen molar-refractivity contribution >= 4 is 5.78 Å². The summed E-state index contributed by atoms with van der Waals surface area (Å²) in [6.07, 6.45) is 2.41. The second kappa shape index (κ2) is 5.88. The molecule has 106 valence electrons. The lowest BCUT2D eigenvalue weighted by Crippen LogP contribution is -2.40. The minimum atomic E-state index is 0.243. The highest BCUT2D eigenvalue weighted by molar-refractivity contribution is 5.98. The Labute approximate surface area is 115 Å². The second-order valence-electron chi connectivity index (χ2n) is 5.94. The van der Waals surface area contributed by atoms with Crippen LogP contribution in [-0.2, 0) is 0 Å². The van der Waals surface area contributed by atoms with Crippen LogP contribution >= 0.6 is 0 Å². The maximum absolute atomic E-state index is 12.4. The van der Waals surface area contributed by atoms with Gasteiger partial charge in [0, 0.05) is 29.5 Å². The molecule has 2 rings (SSSR count). The Morgan fingerprint density at radius 1 is 1.47 bits per heavy atom. The van der Waals surface area contributed by atoms with Gasteiger partial charge in [0.1, 0.15) is 0 Å². The molecule has 4 nitrogen and oxygen atoms in total. The number of nitrogens with zero attached hydrogens (tertiary/aromatic N) is 2. The summed E-state index contributed by atoms with van der Waals surface area (Å²) in [6, 6.07) is 2.49. The number of hydrogen-bond donors (Lipinski definition) is 1. The zero-order chi connectivity index (χ0) is 14.0. The minimum absolute atomic E-state index is 0.243. The molecule has 4 heteroatoms. The average molecular weight is 263 g/mol. The number of aryl methyl sites for hydroxylation is 2. The van der Waals surface area contributed by atoms with E-state index < -0.39 is 0 Å². The molecular formula is C15H25N3O. The van der Waals surface area contributed by atoms with Crippen LogP contribution in [0.5, 0.6) is 0 Å². The van der Waals surface area contributed by atoms with E-state index in [1.54, 1.807) is 0 Å². The van der Waals surface area contributed by atoms with Crippen molar-refractivity contribution in [2.45, 2.75) is 32.7 Å². The second-order valence-corrected chi connectivity index (χ2v) is 5.94. The third kappa shape index (κ3) is 3.45. The molecule has 1 aromatic rings. The van der Waals surface area contributed by atoms with E-state index in [0.717, 1.165) is 30.0 Å². The summed E-state index contributed by atoms with van der Waals surface area (Å²) in [4.78, 5) is 20.1. The Morgan fingerprint density at radius 3 is 2.79 bits per heavy atom. The third-order valence-corrected chi connectivity index (χ3v) is 3.87. The van der Waals surface area contributed by atoms with E-state index >= 15 is 0 Å². The van der Waals surface area contributed by atoms with Crippen molar-refractivity contribution in [2.75, 3.05) is 33.7 Å². The van der Waals surface area contributed by atoms with Gasteiger partial charge in [-0.05, 0) is 53.4 Å². The molecule has 1 unspecified atom stereocenters. The van der Waals surface area contributed by atoms with Crippen LogP contribution in [-0.4, -0.2) is 60.3 Å². The van der Waals surface area contributed by atoms with Crippen LogP contribution in [0, 0.1) is 13.8 Å². The lowest BCUT2D eigenvalue weighted by Gasteiger charge is -2.26. The maximum Gasteiger partial charge on any atom is 0.178 e. The number of carbonyl (C=O) groups excluding carboxylic acids is 1. The van der Waals surface area contributed by atoms with E-state index in [9.17, 15) is 4.79 Å². The molecule has 0 bridgehead atoms. The van der Waals surface area contributed by atoms with Gasteiger partial charge in [-0.3, -0.25) is 9.69 Å². The lowest BCUT2D eigenvalue weighted by molar-refractivity contribution is 0.0910. The Bertz CT molecular complexity index is 450. The van der Waals surface area contributed by atoms with Crippen molar-refractivity contribution < 1.29 is 4.79 Å². The highest BCUT2D eigenvalue weighted by Crippen LogP contribution is 2.19. The van der Waals surface area contributed by atoms with E-state index in [2.05, 4.69) is 28.9 Å². The highest BCUT2D eigenvalue weighted by Gasteiger charge is 2.27. The minimum Gasteiger partial charge on any atom is -0.362 e. The van der Waals surface area contributed by atoms with Crippen LogP contribution < -0.4 is 0 Å². The van der Waals surface area contributed by atoms with E-state index in [4.69, 9.17) is 0 Å². The van der Waals surface area contributed by atoms with Gasteiger partial charge in [-0.25, -0.2) is 0 Å². The van der Waals surface area contributed by atoms with Gasteiger partial charge in [0.2, 0.25) is 0 Å². The summed E-state index contributed by atoms with van der Waals surface area (Å²) in [7, 11) is 4.19. The number of nitrogens with one attached hydrogen (secondary N) is 1. The number of H-pyrrole nitrogens is 1. The topological polar surface area (TPSA) is 39.3 Å². The molecule has 19 heavy (non-hydrogen) atoms. The Balaban J connectivity index is 2.00. The van der Waals surface area contributed by atoms with Crippen LogP contribution in [0.1, 0.15) is 34.6 Å². The molecular weight excluding hydrogens is 238 g/mol. The fraction of sp³-hybridized carbons (Fsp3) is 0.667. The van der Waals surface area contributed by atoms with Crippen LogP contribution in [0.15, 0.2) is 6.07 Å². The first-order valence-corrected chi connectivity index (χ1v) is 7.05. The molecule has 0 aromatic carbocycles. The number of aromatic amines is 1. The van der Waals surface area contributed by atoms with Gasteiger partial charge in [-0.15, -0.1) is 0 Å². The summed E-state index contributed by atoms with van der Waals surface area (Å²) in [5, 5.41) is 0. The molecule has 1 atom stereocenters. The van der Waals surface area contributed by atoms with E-state index in [-0.39, 0.29) is 5.78 Å². The number of aromatic nitrogens is 1. The van der Waals surface area contributed by atoms with Gasteiger partial charge in [0.15, 0.2) is 5.78 Å². The molecule has 0 amide bonds. The Kier molecular flexibility index (Phi) is 4.42. The highest BCUT2D eigenvalue weighted by atomic mass is 16.1. The molecule has 0 spiro atoms. The van der Waals surface area contributed by atoms with Gasteiger partial charge in [0.25, 0.3) is 0 Å². The monoisotopic (exact) mass is 263 g/mol. The van der Waals surface area contributed by atoms with Crippen LogP contribution in [0.3, 0.4) is 0 Å². The Hall–Kier alpha value is -1.13. The molecule has 1 aromatic heterocycles. The summed E-state index contributed by atoms with van der Waals surface area (Å²) < 4.78 is 0. The van der Waals surface area contributed by atoms with Crippen molar-refractivity contribution in [3.63, 3.8) is 0 Å². The standard InChI is InChI=1S/C15H25N3O/c1-11-8-14(12(2)16-11)15(19)10-18-7-5-6-13(18)9-17(3)4/h8,13,16H,5-7,9-10H2,1-4H3. The number of Topliss-reactive ketones (excluding diaryl/α,β-unsaturated/α-hetero) is 1. The number of hydrogen-bond acceptors (Lipinski definition) is 3. The summed E-state index contributed by atoms with van der Waals surface area (Å²) in [6.45, 7) is 6.61. The SMILES string of the molecule is Cc1cc(C(=O)CN2CCCC2CN(C)C)c(C)[nH]1. The van der Waals surface area contributed by atoms with Crippen molar-refractivity contribution in [2.24, 2.45) is 0 Å². The van der Waals surface area contributed by atoms with Crippen molar-refractivity contribution in [1.82, 2.24) is 14.8 Å². The number of rotatable bonds is 5. The normalized spacial score (nSPS) is 20.4. The van der Waals surface area contributed by atoms with Crippen molar-refractivity contribution in [3.05, 3.63) is 23.0 Å². The predicted molar refractivity (Wildman–Crippen MR) is 77.7 cm³/mol. The average Bonchev–Trinajstić information content (AvgIpc) is 2.85. The molecule has 1 aliphatic rings. The van der Waals surface area contributed by atoms with E-state index in [1.165, 1.54) is 12.8 Å². The van der Waals surface area contributed by atoms with Gasteiger partial charge < -0.3 is 9.88 Å². The van der Waals surface area contributed by atoms with Crippen molar-refractivity contribution in [3.8, 4) is 0 Å². The Morgan fingerprint density at radius 2 is 2.21 bits per heavy atom. The van der Waals surface area contributed by atoms with Gasteiger partial charge >= 0.3 is 0 Å². The molecule has 1 fully saturated rings. The van der Waals surface area contributed by atoms with Crippen LogP contribution in [0.4, 0.5) is 0 Å². The van der Waals surface area contributed by atoms with Gasteiger partial charge in [0.05, 0.1) is 6.54 Å². The fourth-order valence-corrected chi connectivity index (χ4v) is 3.01. The molecule has 2 heterocycles. The number of likely N-dealkylation sites (tertiary alicyclic amines) is 1. The first-order valence-electron chi connectivity index (χ1n) is 7.05. The fourth-order valence-electron chi connectivity index (χ4n) is 3.01. The summed E-state index contributed by atoms with van der Waals surface area (Å²) >= 11 is 0. The lowest BCUT2D eigenvalue weighted by atomic mass is 10.1. The largest absolute Gasteiger partial charge is 0.362 e. The molecule has 1 N–H and O–H groups in total. The number of likely N-dealkylation sites (N-methyl/N-ethyl adjacent to an activating group) is 1. The summed E-state index contributed by atoms with van der Waals surface area (Å²) in [5.41, 5.74) is 2.91. The zero-order valence-corrected chi connectivity index (χ0v) is 12.5. The number of carbonyl (C=O) groups is 1. The van der Waals surface area contributed by atoms with E-state index in [1.807, 2.05) is 19.9 Å². The van der Waals surface area contributed by atoms with E-state index in [0.29, 0.717) is 12.6 Å². The summed E-state index contributed by atoms with van der Waals surface area (Å²) in [5.74, 6) is 0.243. The first kappa shape index (κ1) is 14.3. The third-order valence-electron chi connectivity index (χ3n) is 3.87. The zero-order valence-electron chi connectivity index (χ0n) is 12.5. The maximum atomic E-state index is 12.4. The molecule has 0 saturated carbocycles.